The van der Waals surface area contributed by atoms with Crippen LogP contribution >= 0.6 is 12.4 Å². The predicted molar refractivity (Wildman–Crippen MR) is 99.3 cm³/mol. The van der Waals surface area contributed by atoms with Crippen molar-refractivity contribution in [3.8, 4) is 11.5 Å². The summed E-state index contributed by atoms with van der Waals surface area (Å²) < 4.78 is 10.3. The van der Waals surface area contributed by atoms with E-state index in [4.69, 9.17) is 15.2 Å². The van der Waals surface area contributed by atoms with Gasteiger partial charge in [0.1, 0.15) is 11.5 Å². The Morgan fingerprint density at radius 1 is 1.12 bits per heavy atom. The predicted octanol–water partition coefficient (Wildman–Crippen LogP) is 2.10. The average Bonchev–Trinajstić information content (AvgIpc) is 2.61. The van der Waals surface area contributed by atoms with Crippen LogP contribution in [0.15, 0.2) is 42.5 Å². The lowest BCUT2D eigenvalue weighted by Gasteiger charge is -2.15. The van der Waals surface area contributed by atoms with Crippen LogP contribution in [0.3, 0.4) is 0 Å². The number of nitrogens with one attached hydrogen (secondary N) is 1. The number of nitrogens with two attached hydrogens (primary N) is 1. The van der Waals surface area contributed by atoms with Gasteiger partial charge in [-0.25, -0.2) is 0 Å². The molecule has 0 aromatic heterocycles. The van der Waals surface area contributed by atoms with Crippen LogP contribution in [0.25, 0.3) is 0 Å². The van der Waals surface area contributed by atoms with Crippen LogP contribution in [0.1, 0.15) is 17.2 Å². The van der Waals surface area contributed by atoms with E-state index < -0.39 is 6.10 Å². The third-order valence-electron chi connectivity index (χ3n) is 3.60. The van der Waals surface area contributed by atoms with Crippen molar-refractivity contribution >= 4 is 24.0 Å². The van der Waals surface area contributed by atoms with Crippen molar-refractivity contribution in [2.24, 2.45) is 0 Å². The lowest BCUT2D eigenvalue weighted by molar-refractivity contribution is -0.120. The third kappa shape index (κ3) is 6.17. The van der Waals surface area contributed by atoms with Gasteiger partial charge in [-0.1, -0.05) is 12.1 Å². The molecule has 2 rings (SSSR count). The lowest BCUT2D eigenvalue weighted by atomic mass is 10.1. The minimum atomic E-state index is -0.857. The first-order chi connectivity index (χ1) is 11.5. The van der Waals surface area contributed by atoms with Crippen LogP contribution in [-0.2, 0) is 11.2 Å². The van der Waals surface area contributed by atoms with Gasteiger partial charge in [-0.05, 0) is 35.4 Å². The fourth-order valence-electron chi connectivity index (χ4n) is 2.23. The van der Waals surface area contributed by atoms with Crippen molar-refractivity contribution in [1.29, 1.82) is 0 Å². The van der Waals surface area contributed by atoms with Crippen molar-refractivity contribution < 1.29 is 19.4 Å². The molecule has 0 spiro atoms. The first-order valence-corrected chi connectivity index (χ1v) is 7.54. The molecule has 0 bridgehead atoms. The summed E-state index contributed by atoms with van der Waals surface area (Å²) >= 11 is 0. The van der Waals surface area contributed by atoms with Gasteiger partial charge in [0.15, 0.2) is 0 Å². The van der Waals surface area contributed by atoms with E-state index in [1.54, 1.807) is 56.7 Å². The number of hydrogen-bond donors (Lipinski definition) is 3. The molecule has 1 unspecified atom stereocenters. The van der Waals surface area contributed by atoms with Crippen LogP contribution in [0, 0.1) is 0 Å². The fraction of sp³-hybridized carbons (Fsp3) is 0.278. The topological polar surface area (TPSA) is 93.8 Å². The number of methoxy groups -OCH3 is 2. The highest BCUT2D eigenvalue weighted by molar-refractivity contribution is 5.85. The van der Waals surface area contributed by atoms with Gasteiger partial charge in [0.25, 0.3) is 0 Å². The highest BCUT2D eigenvalue weighted by Gasteiger charge is 2.13. The summed E-state index contributed by atoms with van der Waals surface area (Å²) in [5.74, 6) is 0.988. The summed E-state index contributed by atoms with van der Waals surface area (Å²) in [5.41, 5.74) is 7.74. The third-order valence-corrected chi connectivity index (χ3v) is 3.60. The number of carbonyl (C=O) groups is 1. The number of aliphatic hydroxyl groups excluding tert-OH is 1. The first-order valence-electron chi connectivity index (χ1n) is 7.54. The molecule has 2 aromatic rings. The molecule has 0 aliphatic carbocycles. The molecule has 0 saturated heterocycles. The van der Waals surface area contributed by atoms with E-state index in [0.717, 1.165) is 5.56 Å². The maximum absolute atomic E-state index is 12.0. The second-order valence-electron chi connectivity index (χ2n) is 5.38. The molecule has 136 valence electrons. The molecule has 4 N–H and O–H groups in total. The normalized spacial score (nSPS) is 11.2. The Morgan fingerprint density at radius 3 is 2.20 bits per heavy atom. The molecule has 0 fully saturated rings. The van der Waals surface area contributed by atoms with Crippen molar-refractivity contribution in [1.82, 2.24) is 5.32 Å². The van der Waals surface area contributed by atoms with E-state index in [1.807, 2.05) is 0 Å². The highest BCUT2D eigenvalue weighted by atomic mass is 35.5. The molecule has 1 atom stereocenters. The Kier molecular flexibility index (Phi) is 8.04. The standard InChI is InChI=1S/C18H22N2O4.ClH/c1-23-15-8-13(9-16(10-15)24-2)17(21)11-20-18(22)7-12-3-5-14(19)6-4-12;/h3-6,8-10,17,21H,7,11,19H2,1-2H3,(H,20,22);1H. The van der Waals surface area contributed by atoms with Crippen LogP contribution in [0.4, 0.5) is 5.69 Å². The van der Waals surface area contributed by atoms with Gasteiger partial charge >= 0.3 is 0 Å². The smallest absolute Gasteiger partial charge is 0.224 e. The monoisotopic (exact) mass is 366 g/mol. The Labute approximate surface area is 153 Å². The number of benzene rings is 2. The van der Waals surface area contributed by atoms with E-state index in [1.165, 1.54) is 0 Å². The number of amides is 1. The molecule has 0 heterocycles. The molecule has 25 heavy (non-hydrogen) atoms. The summed E-state index contributed by atoms with van der Waals surface area (Å²) in [6.45, 7) is 0.101. The summed E-state index contributed by atoms with van der Waals surface area (Å²) in [4.78, 5) is 12.0. The number of carbonyl (C=O) groups excluding carboxylic acids is 1. The molecule has 0 radical (unpaired) electrons. The largest absolute Gasteiger partial charge is 0.497 e. The molecule has 6 nitrogen and oxygen atoms in total. The minimum absolute atomic E-state index is 0. The van der Waals surface area contributed by atoms with Crippen molar-refractivity contribution in [2.45, 2.75) is 12.5 Å². The van der Waals surface area contributed by atoms with Gasteiger partial charge in [-0.2, -0.15) is 0 Å². The second-order valence-corrected chi connectivity index (χ2v) is 5.38. The van der Waals surface area contributed by atoms with Crippen LogP contribution < -0.4 is 20.5 Å². The van der Waals surface area contributed by atoms with Gasteiger partial charge in [0, 0.05) is 18.3 Å². The number of anilines is 1. The van der Waals surface area contributed by atoms with E-state index in [2.05, 4.69) is 5.32 Å². The second kappa shape index (κ2) is 9.76. The minimum Gasteiger partial charge on any atom is -0.497 e. The van der Waals surface area contributed by atoms with Crippen molar-refractivity contribution in [2.75, 3.05) is 26.5 Å². The van der Waals surface area contributed by atoms with Crippen LogP contribution in [0.5, 0.6) is 11.5 Å². The van der Waals surface area contributed by atoms with Crippen molar-refractivity contribution in [3.63, 3.8) is 0 Å². The molecule has 7 heteroatoms. The zero-order chi connectivity index (χ0) is 17.5. The van der Waals surface area contributed by atoms with Crippen LogP contribution in [-0.4, -0.2) is 31.8 Å². The number of halogens is 1. The van der Waals surface area contributed by atoms with Gasteiger partial charge in [0.05, 0.1) is 26.7 Å². The first kappa shape index (κ1) is 20.6. The van der Waals surface area contributed by atoms with Crippen LogP contribution in [0.2, 0.25) is 0 Å². The number of ether oxygens (including phenoxy) is 2. The van der Waals surface area contributed by atoms with E-state index >= 15 is 0 Å². The zero-order valence-corrected chi connectivity index (χ0v) is 15.0. The summed E-state index contributed by atoms with van der Waals surface area (Å²) in [6, 6.07) is 12.2. The van der Waals surface area contributed by atoms with Gasteiger partial charge in [-0.15, -0.1) is 12.4 Å². The Balaban J connectivity index is 0.00000312. The summed E-state index contributed by atoms with van der Waals surface area (Å²) in [6.07, 6.45) is -0.626. The zero-order valence-electron chi connectivity index (χ0n) is 14.2. The molecular weight excluding hydrogens is 344 g/mol. The average molecular weight is 367 g/mol. The highest BCUT2D eigenvalue weighted by Crippen LogP contribution is 2.26. The molecular formula is C18H23ClN2O4. The van der Waals surface area contributed by atoms with Gasteiger partial charge in [-0.3, -0.25) is 4.79 Å². The molecule has 0 aliphatic rings. The molecule has 2 aromatic carbocycles. The number of aliphatic hydroxyl groups is 1. The quantitative estimate of drug-likeness (QED) is 0.652. The number of nitrogen functional groups attached to an aromatic ring is 1. The maximum Gasteiger partial charge on any atom is 0.224 e. The van der Waals surface area contributed by atoms with Crippen molar-refractivity contribution in [3.05, 3.63) is 53.6 Å². The molecule has 0 aliphatic heterocycles. The number of rotatable bonds is 7. The Morgan fingerprint density at radius 2 is 1.68 bits per heavy atom. The summed E-state index contributed by atoms with van der Waals surface area (Å²) in [5, 5.41) is 13.0. The molecule has 0 saturated carbocycles. The molecule has 1 amide bonds. The fourth-order valence-corrected chi connectivity index (χ4v) is 2.23. The SMILES string of the molecule is COc1cc(OC)cc(C(O)CNC(=O)Cc2ccc(N)cc2)c1.Cl. The van der Waals surface area contributed by atoms with E-state index in [0.29, 0.717) is 22.7 Å². The number of hydrogen-bond acceptors (Lipinski definition) is 5. The van der Waals surface area contributed by atoms with Gasteiger partial charge in [0.2, 0.25) is 5.91 Å². The Bertz CT molecular complexity index is 670. The van der Waals surface area contributed by atoms with Gasteiger partial charge < -0.3 is 25.6 Å². The summed E-state index contributed by atoms with van der Waals surface area (Å²) in [7, 11) is 3.08. The Hall–Kier alpha value is -2.44. The van der Waals surface area contributed by atoms with E-state index in [-0.39, 0.29) is 31.3 Å². The maximum atomic E-state index is 12.0. The van der Waals surface area contributed by atoms with E-state index in [9.17, 15) is 9.90 Å². The lowest BCUT2D eigenvalue weighted by Crippen LogP contribution is -2.29.